The summed E-state index contributed by atoms with van der Waals surface area (Å²) in [6.07, 6.45) is 4.05. The smallest absolute Gasteiger partial charge is 0.0762 e. The van der Waals surface area contributed by atoms with Crippen molar-refractivity contribution in [1.82, 2.24) is 15.1 Å². The Hall–Kier alpha value is -1.26. The minimum absolute atomic E-state index is 0.811. The van der Waals surface area contributed by atoms with Gasteiger partial charge in [-0.25, -0.2) is 0 Å². The summed E-state index contributed by atoms with van der Waals surface area (Å²) in [4.78, 5) is 1.30. The van der Waals surface area contributed by atoms with Gasteiger partial charge < -0.3 is 5.32 Å². The molecule has 0 saturated carbocycles. The van der Waals surface area contributed by atoms with Crippen molar-refractivity contribution in [1.29, 1.82) is 0 Å². The molecular weight excluding hydrogens is 230 g/mol. The van der Waals surface area contributed by atoms with Gasteiger partial charge in [-0.1, -0.05) is 12.1 Å². The van der Waals surface area contributed by atoms with Gasteiger partial charge in [-0.15, -0.1) is 11.8 Å². The summed E-state index contributed by atoms with van der Waals surface area (Å²) in [5.74, 6) is 0. The van der Waals surface area contributed by atoms with Crippen molar-refractivity contribution < 1.29 is 0 Å². The van der Waals surface area contributed by atoms with Crippen LogP contribution < -0.4 is 5.32 Å². The number of nitrogens with zero attached hydrogens (tertiary/aromatic N) is 2. The predicted octanol–water partition coefficient (Wildman–Crippen LogP) is 2.43. The quantitative estimate of drug-likeness (QED) is 0.823. The lowest BCUT2D eigenvalue weighted by Crippen LogP contribution is -2.13. The molecule has 17 heavy (non-hydrogen) atoms. The summed E-state index contributed by atoms with van der Waals surface area (Å²) in [6.45, 7) is 1.69. The molecule has 3 nitrogen and oxygen atoms in total. The molecule has 0 aliphatic rings. The van der Waals surface area contributed by atoms with Crippen LogP contribution in [0.1, 0.15) is 11.3 Å². The van der Waals surface area contributed by atoms with Crippen molar-refractivity contribution >= 4 is 11.8 Å². The lowest BCUT2D eigenvalue weighted by Gasteiger charge is -2.04. The van der Waals surface area contributed by atoms with Crippen LogP contribution in [0.2, 0.25) is 0 Å². The Morgan fingerprint density at radius 2 is 1.94 bits per heavy atom. The molecule has 1 N–H and O–H groups in total. The molecule has 0 spiro atoms. The summed E-state index contributed by atoms with van der Waals surface area (Å²) in [5.41, 5.74) is 2.38. The van der Waals surface area contributed by atoms with Crippen LogP contribution in [0, 0.1) is 0 Å². The van der Waals surface area contributed by atoms with E-state index in [1.807, 2.05) is 24.0 Å². The van der Waals surface area contributed by atoms with Gasteiger partial charge >= 0.3 is 0 Å². The Kier molecular flexibility index (Phi) is 4.23. The first-order chi connectivity index (χ1) is 8.28. The van der Waals surface area contributed by atoms with Crippen LogP contribution in [0.25, 0.3) is 0 Å². The average Bonchev–Trinajstić information content (AvgIpc) is 2.76. The molecule has 0 bridgehead atoms. The minimum Gasteiger partial charge on any atom is -0.307 e. The number of hydrogen-bond acceptors (Lipinski definition) is 3. The van der Waals surface area contributed by atoms with Crippen LogP contribution in [0.5, 0.6) is 0 Å². The highest BCUT2D eigenvalue weighted by molar-refractivity contribution is 7.98. The molecule has 0 aliphatic heterocycles. The van der Waals surface area contributed by atoms with E-state index in [0.717, 1.165) is 18.8 Å². The molecule has 0 aliphatic carbocycles. The van der Waals surface area contributed by atoms with E-state index >= 15 is 0 Å². The third kappa shape index (κ3) is 3.61. The summed E-state index contributed by atoms with van der Waals surface area (Å²) in [7, 11) is 1.94. The fraction of sp³-hybridized carbons (Fsp3) is 0.308. The van der Waals surface area contributed by atoms with Crippen molar-refractivity contribution in [3.8, 4) is 0 Å². The second kappa shape index (κ2) is 5.89. The van der Waals surface area contributed by atoms with Gasteiger partial charge in [0.15, 0.2) is 0 Å². The maximum atomic E-state index is 4.32. The van der Waals surface area contributed by atoms with E-state index in [-0.39, 0.29) is 0 Å². The molecule has 90 valence electrons. The zero-order valence-electron chi connectivity index (χ0n) is 10.2. The van der Waals surface area contributed by atoms with Crippen LogP contribution in [-0.4, -0.2) is 16.0 Å². The third-order valence-electron chi connectivity index (χ3n) is 2.56. The standard InChI is InChI=1S/C13H17N3S/c1-16-8-7-12(15-16)10-14-9-11-3-5-13(17-2)6-4-11/h3-8,14H,9-10H2,1-2H3. The summed E-state index contributed by atoms with van der Waals surface area (Å²) in [5, 5.41) is 7.71. The molecule has 0 fully saturated rings. The van der Waals surface area contributed by atoms with Crippen molar-refractivity contribution in [2.75, 3.05) is 6.26 Å². The van der Waals surface area contributed by atoms with Crippen LogP contribution in [0.3, 0.4) is 0 Å². The summed E-state index contributed by atoms with van der Waals surface area (Å²) >= 11 is 1.77. The first-order valence-electron chi connectivity index (χ1n) is 5.60. The molecule has 1 heterocycles. The van der Waals surface area contributed by atoms with Gasteiger partial charge in [-0.3, -0.25) is 4.68 Å². The molecule has 0 amide bonds. The lowest BCUT2D eigenvalue weighted by molar-refractivity contribution is 0.656. The molecule has 2 rings (SSSR count). The topological polar surface area (TPSA) is 29.9 Å². The van der Waals surface area contributed by atoms with Crippen molar-refractivity contribution in [2.45, 2.75) is 18.0 Å². The Morgan fingerprint density at radius 1 is 1.18 bits per heavy atom. The maximum Gasteiger partial charge on any atom is 0.0762 e. The summed E-state index contributed by atoms with van der Waals surface area (Å²) < 4.78 is 1.82. The van der Waals surface area contributed by atoms with Crippen LogP contribution in [0.4, 0.5) is 0 Å². The number of aryl methyl sites for hydroxylation is 1. The van der Waals surface area contributed by atoms with E-state index < -0.39 is 0 Å². The monoisotopic (exact) mass is 247 g/mol. The maximum absolute atomic E-state index is 4.32. The Balaban J connectivity index is 1.81. The second-order valence-electron chi connectivity index (χ2n) is 3.93. The number of benzene rings is 1. The fourth-order valence-electron chi connectivity index (χ4n) is 1.64. The lowest BCUT2D eigenvalue weighted by atomic mass is 10.2. The number of hydrogen-bond donors (Lipinski definition) is 1. The third-order valence-corrected chi connectivity index (χ3v) is 3.31. The SMILES string of the molecule is CSc1ccc(CNCc2ccn(C)n2)cc1. The van der Waals surface area contributed by atoms with Gasteiger partial charge in [0.2, 0.25) is 0 Å². The van der Waals surface area contributed by atoms with E-state index in [2.05, 4.69) is 40.9 Å². The Bertz CT molecular complexity index is 462. The summed E-state index contributed by atoms with van der Waals surface area (Å²) in [6, 6.07) is 10.7. The minimum atomic E-state index is 0.811. The molecule has 0 saturated heterocycles. The fourth-order valence-corrected chi connectivity index (χ4v) is 2.04. The van der Waals surface area contributed by atoms with Crippen LogP contribution >= 0.6 is 11.8 Å². The Labute approximate surface area is 106 Å². The van der Waals surface area contributed by atoms with E-state index in [9.17, 15) is 0 Å². The van der Waals surface area contributed by atoms with Gasteiger partial charge in [0.05, 0.1) is 5.69 Å². The van der Waals surface area contributed by atoms with E-state index in [1.54, 1.807) is 11.8 Å². The van der Waals surface area contributed by atoms with E-state index in [0.29, 0.717) is 0 Å². The van der Waals surface area contributed by atoms with Gasteiger partial charge in [0.1, 0.15) is 0 Å². The van der Waals surface area contributed by atoms with Crippen molar-refractivity contribution in [3.05, 3.63) is 47.8 Å². The zero-order chi connectivity index (χ0) is 12.1. The highest BCUT2D eigenvalue weighted by Gasteiger charge is 1.97. The number of rotatable bonds is 5. The first kappa shape index (κ1) is 12.2. The number of thioether (sulfide) groups is 1. The van der Waals surface area contributed by atoms with Crippen LogP contribution in [0.15, 0.2) is 41.4 Å². The molecule has 1 aromatic heterocycles. The van der Waals surface area contributed by atoms with Crippen LogP contribution in [-0.2, 0) is 20.1 Å². The van der Waals surface area contributed by atoms with E-state index in [4.69, 9.17) is 0 Å². The molecule has 0 atom stereocenters. The molecule has 1 aromatic carbocycles. The molecular formula is C13H17N3S. The van der Waals surface area contributed by atoms with Crippen molar-refractivity contribution in [3.63, 3.8) is 0 Å². The van der Waals surface area contributed by atoms with Gasteiger partial charge in [-0.05, 0) is 30.0 Å². The first-order valence-corrected chi connectivity index (χ1v) is 6.82. The highest BCUT2D eigenvalue weighted by Crippen LogP contribution is 2.14. The normalized spacial score (nSPS) is 10.7. The van der Waals surface area contributed by atoms with E-state index in [1.165, 1.54) is 10.5 Å². The molecule has 0 unspecified atom stereocenters. The second-order valence-corrected chi connectivity index (χ2v) is 4.81. The van der Waals surface area contributed by atoms with Gasteiger partial charge in [-0.2, -0.15) is 5.10 Å². The van der Waals surface area contributed by atoms with Crippen molar-refractivity contribution in [2.24, 2.45) is 7.05 Å². The average molecular weight is 247 g/mol. The zero-order valence-corrected chi connectivity index (χ0v) is 11.0. The molecule has 2 aromatic rings. The Morgan fingerprint density at radius 3 is 2.53 bits per heavy atom. The molecule has 0 radical (unpaired) electrons. The molecule has 4 heteroatoms. The number of aromatic nitrogens is 2. The largest absolute Gasteiger partial charge is 0.307 e. The highest BCUT2D eigenvalue weighted by atomic mass is 32.2. The number of nitrogens with one attached hydrogen (secondary N) is 1. The van der Waals surface area contributed by atoms with Gasteiger partial charge in [0, 0.05) is 31.2 Å². The van der Waals surface area contributed by atoms with Gasteiger partial charge in [0.25, 0.3) is 0 Å². The predicted molar refractivity (Wildman–Crippen MR) is 72.0 cm³/mol.